The van der Waals surface area contributed by atoms with Gasteiger partial charge in [0.05, 0.1) is 73.5 Å². The number of hydrogen-bond acceptors (Lipinski definition) is 19. The van der Waals surface area contributed by atoms with Crippen LogP contribution >= 0.6 is 0 Å². The number of aliphatic hydroxyl groups excluding tert-OH is 9. The van der Waals surface area contributed by atoms with Crippen molar-refractivity contribution in [2.75, 3.05) is 13.2 Å². The summed E-state index contributed by atoms with van der Waals surface area (Å²) in [6, 6.07) is 14.2. The van der Waals surface area contributed by atoms with E-state index in [0.29, 0.717) is 0 Å². The highest BCUT2D eigenvalue weighted by atomic mass is 16.7. The molecule has 11 N–H and O–H groups in total. The van der Waals surface area contributed by atoms with E-state index in [1.54, 1.807) is 74.6 Å². The first-order valence-electron chi connectivity index (χ1n) is 29.2. The summed E-state index contributed by atoms with van der Waals surface area (Å²) in [5.41, 5.74) is 4.01. The van der Waals surface area contributed by atoms with Gasteiger partial charge >= 0.3 is 18.0 Å². The summed E-state index contributed by atoms with van der Waals surface area (Å²) in [6.45, 7) is 10.0. The van der Waals surface area contributed by atoms with Gasteiger partial charge in [0, 0.05) is 43.4 Å². The molecule has 0 aromatic heterocycles. The number of cyclic esters (lactones) is 1. The number of allylic oxidation sites excluding steroid dienone is 12. The lowest BCUT2D eigenvalue weighted by Gasteiger charge is -2.45. The van der Waals surface area contributed by atoms with Gasteiger partial charge in [-0.1, -0.05) is 160 Å². The number of nitrogens with one attached hydrogen (secondary N) is 1. The Hall–Kier alpha value is -5.95. The monoisotopic (exact) mass is 1190 g/mol. The van der Waals surface area contributed by atoms with Crippen LogP contribution in [0.25, 0.3) is 11.1 Å². The fraction of sp³-hybridized carbons (Fsp3) is 0.523. The summed E-state index contributed by atoms with van der Waals surface area (Å²) in [7, 11) is 0. The van der Waals surface area contributed by atoms with Crippen LogP contribution in [-0.2, 0) is 38.0 Å². The van der Waals surface area contributed by atoms with Crippen LogP contribution in [0.3, 0.4) is 0 Å². The number of carbonyl (C=O) groups is 3. The molecule has 1 aliphatic carbocycles. The zero-order valence-corrected chi connectivity index (χ0v) is 48.7. The number of hydrogen-bond donors (Lipinski definition) is 11. The topological polar surface area (TPSA) is 321 Å². The fourth-order valence-electron chi connectivity index (χ4n) is 11.1. The van der Waals surface area contributed by atoms with Crippen molar-refractivity contribution in [1.29, 1.82) is 0 Å². The van der Waals surface area contributed by atoms with E-state index >= 15 is 0 Å². The number of aliphatic hydroxyl groups is 10. The first kappa shape index (κ1) is 68.2. The maximum atomic E-state index is 13.7. The fourth-order valence-corrected chi connectivity index (χ4v) is 11.1. The van der Waals surface area contributed by atoms with Crippen LogP contribution in [0.15, 0.2) is 146 Å². The van der Waals surface area contributed by atoms with Gasteiger partial charge in [0.15, 0.2) is 12.1 Å². The van der Waals surface area contributed by atoms with Gasteiger partial charge in [-0.05, 0) is 55.4 Å². The average molecular weight is 1190 g/mol. The summed E-state index contributed by atoms with van der Waals surface area (Å²) in [5.74, 6) is -6.55. The van der Waals surface area contributed by atoms with Crippen LogP contribution in [-0.4, -0.2) is 180 Å². The second-order valence-electron chi connectivity index (χ2n) is 22.6. The highest BCUT2D eigenvalue weighted by Crippen LogP contribution is 2.45. The molecule has 20 heteroatoms. The Balaban J connectivity index is 1.22. The van der Waals surface area contributed by atoms with E-state index < -0.39 is 153 Å². The van der Waals surface area contributed by atoms with Gasteiger partial charge < -0.3 is 84.8 Å². The van der Waals surface area contributed by atoms with E-state index in [2.05, 4.69) is 11.9 Å². The van der Waals surface area contributed by atoms with E-state index in [4.69, 9.17) is 28.4 Å². The second kappa shape index (κ2) is 33.2. The number of carbonyl (C=O) groups excluding carboxylic acids is 3. The minimum Gasteiger partial charge on any atom is -0.462 e. The lowest BCUT2D eigenvalue weighted by molar-refractivity contribution is -0.309. The molecule has 19 atom stereocenters. The molecule has 2 fully saturated rings. The highest BCUT2D eigenvalue weighted by molar-refractivity contribution is 5.79. The lowest BCUT2D eigenvalue weighted by Crippen LogP contribution is -2.64. The van der Waals surface area contributed by atoms with Gasteiger partial charge in [-0.3, -0.25) is 9.59 Å². The lowest BCUT2D eigenvalue weighted by atomic mass is 9.82. The molecule has 0 radical (unpaired) electrons. The van der Waals surface area contributed by atoms with Crippen molar-refractivity contribution >= 4 is 18.0 Å². The summed E-state index contributed by atoms with van der Waals surface area (Å²) < 4.78 is 35.3. The van der Waals surface area contributed by atoms with Crippen molar-refractivity contribution in [2.24, 2.45) is 17.8 Å². The van der Waals surface area contributed by atoms with Gasteiger partial charge in [-0.2, -0.15) is 0 Å². The number of alkyl carbamates (subject to hydrolysis) is 1. The van der Waals surface area contributed by atoms with Gasteiger partial charge in [-0.15, -0.1) is 0 Å². The van der Waals surface area contributed by atoms with Crippen molar-refractivity contribution < 1.29 is 93.9 Å². The van der Waals surface area contributed by atoms with Crippen molar-refractivity contribution in [3.8, 4) is 11.1 Å². The Bertz CT molecular complexity index is 2640. The molecule has 0 spiro atoms. The first-order chi connectivity index (χ1) is 40.6. The van der Waals surface area contributed by atoms with Crippen molar-refractivity contribution in [2.45, 2.75) is 182 Å². The minimum absolute atomic E-state index is 0.0506. The van der Waals surface area contributed by atoms with E-state index in [1.807, 2.05) is 73.7 Å². The van der Waals surface area contributed by atoms with E-state index in [9.17, 15) is 65.4 Å². The molecule has 2 saturated heterocycles. The smallest absolute Gasteiger partial charge is 0.407 e. The molecular formula is C65H87NO19. The predicted octanol–water partition coefficient (Wildman–Crippen LogP) is 4.94. The second-order valence-corrected chi connectivity index (χ2v) is 22.6. The van der Waals surface area contributed by atoms with Gasteiger partial charge in [0.25, 0.3) is 0 Å². The van der Waals surface area contributed by atoms with Crippen LogP contribution in [0, 0.1) is 17.8 Å². The van der Waals surface area contributed by atoms with Crippen molar-refractivity contribution in [3.05, 3.63) is 157 Å². The molecule has 20 nitrogen and oxygen atoms in total. The minimum atomic E-state index is -2.37. The Morgan fingerprint density at radius 3 is 1.86 bits per heavy atom. The molecule has 19 unspecified atom stereocenters. The number of benzene rings is 2. The van der Waals surface area contributed by atoms with Gasteiger partial charge in [0.1, 0.15) is 37.4 Å². The molecule has 3 heterocycles. The van der Waals surface area contributed by atoms with Gasteiger partial charge in [-0.25, -0.2) is 4.79 Å². The van der Waals surface area contributed by atoms with E-state index in [1.165, 1.54) is 19.1 Å². The van der Waals surface area contributed by atoms with Crippen molar-refractivity contribution in [3.63, 3.8) is 0 Å². The van der Waals surface area contributed by atoms with Gasteiger partial charge in [0.2, 0.25) is 0 Å². The molecule has 0 saturated carbocycles. The van der Waals surface area contributed by atoms with E-state index in [0.717, 1.165) is 22.3 Å². The summed E-state index contributed by atoms with van der Waals surface area (Å²) >= 11 is 0. The molecule has 2 bridgehead atoms. The third kappa shape index (κ3) is 20.0. The summed E-state index contributed by atoms with van der Waals surface area (Å²) in [4.78, 5) is 40.1. The third-order valence-electron chi connectivity index (χ3n) is 15.9. The summed E-state index contributed by atoms with van der Waals surface area (Å²) in [5, 5.41) is 115. The molecule has 1 amide bonds. The molecule has 3 aliphatic heterocycles. The predicted molar refractivity (Wildman–Crippen MR) is 315 cm³/mol. The molecule has 85 heavy (non-hydrogen) atoms. The Morgan fingerprint density at radius 2 is 1.25 bits per heavy atom. The van der Waals surface area contributed by atoms with Crippen LogP contribution in [0.5, 0.6) is 0 Å². The average Bonchev–Trinajstić information content (AvgIpc) is 2.10. The standard InChI is InChI=1S/C65H87NO19/c1-6-31-80-62(77)57-54(72)37-65(79)36-45(69)33-53(71)52(70)30-29-43(67)32-44(68)34-56(73)82-41(4)40(3)59(74)39(2)23-17-15-13-11-9-7-8-10-12-14-16-18-24-46(35-55(57)85-65)84-63-61(76)58(60(75)42(5)83-63)66-64(78)81-38-51-49-27-21-19-25-47(49)48-26-20-22-28-50(48)51/h6-28,39-46,51-55,57-61,63,67-72,74-76,79H,1,29-38H2,2-5H3,(H,66,78)/b8-7+,11-9+,12-10+,15-13+,16-14+,23-17+,24-18+. The maximum absolute atomic E-state index is 13.7. The zero-order chi connectivity index (χ0) is 61.8. The largest absolute Gasteiger partial charge is 0.462 e. The van der Waals surface area contributed by atoms with Crippen LogP contribution in [0.4, 0.5) is 4.79 Å². The number of fused-ring (bicyclic) bond motifs is 5. The highest BCUT2D eigenvalue weighted by Gasteiger charge is 2.52. The van der Waals surface area contributed by atoms with Crippen LogP contribution in [0.2, 0.25) is 0 Å². The Kier molecular flexibility index (Phi) is 26.7. The Labute approximate surface area is 497 Å². The normalized spacial score (nSPS) is 37.9. The third-order valence-corrected chi connectivity index (χ3v) is 15.9. The number of rotatable bonds is 8. The molecule has 6 rings (SSSR count). The molecule has 4 aliphatic rings. The maximum Gasteiger partial charge on any atom is 0.407 e. The zero-order valence-electron chi connectivity index (χ0n) is 48.7. The molecular weight excluding hydrogens is 1100 g/mol. The quantitative estimate of drug-likeness (QED) is 0.0948. The molecule has 466 valence electrons. The summed E-state index contributed by atoms with van der Waals surface area (Å²) in [6.07, 6.45) is 2.75. The van der Waals surface area contributed by atoms with Crippen LogP contribution in [0.1, 0.15) is 96.1 Å². The molecule has 2 aromatic carbocycles. The number of ether oxygens (including phenoxy) is 6. The van der Waals surface area contributed by atoms with Crippen molar-refractivity contribution in [1.82, 2.24) is 5.32 Å². The Morgan fingerprint density at radius 1 is 0.659 bits per heavy atom. The SMILES string of the molecule is C=CCOC(=O)C1C(O)CC2(O)CC(O)CC(O)C(O)CCC(O)CC(O)CC(=O)OC(C)C(C)C(O)C(C)/C=C/C=C/C=C/C=C/C=C/C=C/C=C/C(OC3OC(C)C(O)C(NC(=O)OCC4c5ccccc5-c5ccccc54)C3O)CC1O2. The number of amides is 1. The first-order valence-corrected chi connectivity index (χ1v) is 29.2. The number of esters is 2. The van der Waals surface area contributed by atoms with Crippen LogP contribution < -0.4 is 5.32 Å². The van der Waals surface area contributed by atoms with E-state index in [-0.39, 0.29) is 50.7 Å². The molecule has 2 aromatic rings.